The number of rotatable bonds is 4. The molecule has 7 heteroatoms. The van der Waals surface area contributed by atoms with Crippen LogP contribution < -0.4 is 5.56 Å². The molecule has 4 rings (SSSR count). The third-order valence-corrected chi connectivity index (χ3v) is 6.04. The van der Waals surface area contributed by atoms with Gasteiger partial charge in [-0.25, -0.2) is 4.39 Å². The van der Waals surface area contributed by atoms with Gasteiger partial charge in [0.1, 0.15) is 5.82 Å². The fourth-order valence-corrected chi connectivity index (χ4v) is 4.21. The van der Waals surface area contributed by atoms with Crippen molar-refractivity contribution in [3.63, 3.8) is 0 Å². The van der Waals surface area contributed by atoms with E-state index in [0.717, 1.165) is 30.6 Å². The molecule has 1 aromatic carbocycles. The largest absolute Gasteiger partial charge is 0.337 e. The van der Waals surface area contributed by atoms with Gasteiger partial charge in [0, 0.05) is 50.2 Å². The summed E-state index contributed by atoms with van der Waals surface area (Å²) in [4.78, 5) is 31.7. The van der Waals surface area contributed by atoms with Gasteiger partial charge in [0.15, 0.2) is 0 Å². The van der Waals surface area contributed by atoms with Crippen LogP contribution in [0.3, 0.4) is 0 Å². The van der Waals surface area contributed by atoms with Crippen LogP contribution in [0, 0.1) is 5.82 Å². The summed E-state index contributed by atoms with van der Waals surface area (Å²) in [6.07, 6.45) is 3.57. The van der Waals surface area contributed by atoms with Crippen LogP contribution in [-0.2, 0) is 17.8 Å². The van der Waals surface area contributed by atoms with Gasteiger partial charge in [-0.2, -0.15) is 0 Å². The first-order valence-electron chi connectivity index (χ1n) is 10.1. The van der Waals surface area contributed by atoms with E-state index in [1.807, 2.05) is 4.90 Å². The molecule has 0 spiro atoms. The van der Waals surface area contributed by atoms with Crippen molar-refractivity contribution in [2.45, 2.75) is 25.4 Å². The average molecular weight is 398 g/mol. The van der Waals surface area contributed by atoms with Crippen molar-refractivity contribution >= 4 is 5.91 Å². The Labute approximate surface area is 170 Å². The monoisotopic (exact) mass is 398 g/mol. The van der Waals surface area contributed by atoms with E-state index in [9.17, 15) is 14.0 Å². The molecule has 0 bridgehead atoms. The van der Waals surface area contributed by atoms with E-state index < -0.39 is 0 Å². The van der Waals surface area contributed by atoms with Crippen molar-refractivity contribution < 1.29 is 9.18 Å². The zero-order chi connectivity index (χ0) is 20.5. The van der Waals surface area contributed by atoms with Gasteiger partial charge in [-0.3, -0.25) is 19.1 Å². The second-order valence-corrected chi connectivity index (χ2v) is 8.22. The number of aromatic nitrogens is 1. The van der Waals surface area contributed by atoms with E-state index in [1.165, 1.54) is 16.7 Å². The van der Waals surface area contributed by atoms with Gasteiger partial charge in [-0.1, -0.05) is 0 Å². The van der Waals surface area contributed by atoms with Gasteiger partial charge in [0.05, 0.1) is 6.54 Å². The zero-order valence-electron chi connectivity index (χ0n) is 17.0. The molecular weight excluding hydrogens is 371 g/mol. The highest BCUT2D eigenvalue weighted by molar-refractivity contribution is 5.78. The molecule has 0 saturated carbocycles. The highest BCUT2D eigenvalue weighted by Gasteiger charge is 2.28. The first kappa shape index (κ1) is 19.8. The molecule has 0 N–H and O–H groups in total. The highest BCUT2D eigenvalue weighted by Crippen LogP contribution is 2.20. The minimum absolute atomic E-state index is 0.134. The molecule has 1 atom stereocenters. The molecule has 6 nitrogen and oxygen atoms in total. The molecule has 0 radical (unpaired) electrons. The van der Waals surface area contributed by atoms with E-state index in [4.69, 9.17) is 0 Å². The Kier molecular flexibility index (Phi) is 5.52. The summed E-state index contributed by atoms with van der Waals surface area (Å²) in [7, 11) is 4.16. The van der Waals surface area contributed by atoms with Crippen molar-refractivity contribution in [3.8, 4) is 5.69 Å². The van der Waals surface area contributed by atoms with E-state index in [2.05, 4.69) is 23.9 Å². The molecule has 1 unspecified atom stereocenters. The zero-order valence-corrected chi connectivity index (χ0v) is 17.0. The fourth-order valence-electron chi connectivity index (χ4n) is 4.21. The fraction of sp³-hybridized carbons (Fsp3) is 0.455. The molecule has 1 amide bonds. The molecule has 3 heterocycles. The minimum atomic E-state index is -0.338. The molecule has 2 aromatic rings. The maximum Gasteiger partial charge on any atom is 0.255 e. The number of nitrogens with zero attached hydrogens (tertiary/aromatic N) is 4. The molecule has 1 saturated heterocycles. The third kappa shape index (κ3) is 4.26. The molecule has 29 heavy (non-hydrogen) atoms. The summed E-state index contributed by atoms with van der Waals surface area (Å²) in [6.45, 7) is 3.45. The second-order valence-electron chi connectivity index (χ2n) is 8.22. The first-order valence-corrected chi connectivity index (χ1v) is 10.1. The number of carbonyl (C=O) groups excluding carboxylic acids is 1. The normalized spacial score (nSPS) is 19.6. The number of carbonyl (C=O) groups is 1. The van der Waals surface area contributed by atoms with Crippen molar-refractivity contribution in [1.82, 2.24) is 19.3 Å². The van der Waals surface area contributed by atoms with Gasteiger partial charge in [-0.05, 0) is 62.3 Å². The maximum absolute atomic E-state index is 13.2. The second kappa shape index (κ2) is 8.08. The number of hydrogen-bond donors (Lipinski definition) is 0. The van der Waals surface area contributed by atoms with Crippen molar-refractivity contribution in [1.29, 1.82) is 0 Å². The molecule has 2 aliphatic rings. The maximum atomic E-state index is 13.2. The van der Waals surface area contributed by atoms with Crippen molar-refractivity contribution in [3.05, 3.63) is 63.8 Å². The summed E-state index contributed by atoms with van der Waals surface area (Å²) in [5.74, 6) is -0.204. The number of fused-ring (bicyclic) bond motifs is 1. The summed E-state index contributed by atoms with van der Waals surface area (Å²) < 4.78 is 14.7. The van der Waals surface area contributed by atoms with Crippen LogP contribution in [0.5, 0.6) is 0 Å². The number of benzene rings is 1. The average Bonchev–Trinajstić information content (AvgIpc) is 3.17. The van der Waals surface area contributed by atoms with Gasteiger partial charge >= 0.3 is 0 Å². The molecule has 2 aliphatic heterocycles. The lowest BCUT2D eigenvalue weighted by molar-refractivity contribution is -0.133. The van der Waals surface area contributed by atoms with Gasteiger partial charge < -0.3 is 9.80 Å². The number of hydrogen-bond acceptors (Lipinski definition) is 4. The first-order chi connectivity index (χ1) is 13.9. The van der Waals surface area contributed by atoms with E-state index >= 15 is 0 Å². The lowest BCUT2D eigenvalue weighted by atomic mass is 10.0. The lowest BCUT2D eigenvalue weighted by Gasteiger charge is -2.31. The van der Waals surface area contributed by atoms with Gasteiger partial charge in [0.25, 0.3) is 5.56 Å². The predicted molar refractivity (Wildman–Crippen MR) is 110 cm³/mol. The Morgan fingerprint density at radius 3 is 2.62 bits per heavy atom. The number of halogens is 1. The van der Waals surface area contributed by atoms with Crippen LogP contribution >= 0.6 is 0 Å². The Morgan fingerprint density at radius 2 is 1.93 bits per heavy atom. The Hall–Kier alpha value is -2.51. The Morgan fingerprint density at radius 1 is 1.17 bits per heavy atom. The number of pyridine rings is 1. The topological polar surface area (TPSA) is 48.8 Å². The standard InChI is InChI=1S/C22H27FN4O2/c1-24(2)20-8-9-25(14-20)15-22(29)26-10-7-16-11-21(28)27(13-17(16)12-26)19-5-3-18(23)4-6-19/h3-6,11,13,20H,7-10,12,14-15H2,1-2H3. The smallest absolute Gasteiger partial charge is 0.255 e. The van der Waals surface area contributed by atoms with Crippen LogP contribution in [0.4, 0.5) is 4.39 Å². The number of amides is 1. The molecule has 154 valence electrons. The van der Waals surface area contributed by atoms with E-state index in [1.54, 1.807) is 24.4 Å². The third-order valence-electron chi connectivity index (χ3n) is 6.04. The Balaban J connectivity index is 1.47. The SMILES string of the molecule is CN(C)C1CCN(CC(=O)N2CCc3cc(=O)n(-c4ccc(F)cc4)cc3C2)C1. The predicted octanol–water partition coefficient (Wildman–Crippen LogP) is 1.50. The molecular formula is C22H27FN4O2. The molecule has 1 fully saturated rings. The number of likely N-dealkylation sites (N-methyl/N-ethyl adjacent to an activating group) is 1. The van der Waals surface area contributed by atoms with Gasteiger partial charge in [-0.15, -0.1) is 0 Å². The van der Waals surface area contributed by atoms with Crippen LogP contribution in [0.25, 0.3) is 5.69 Å². The highest BCUT2D eigenvalue weighted by atomic mass is 19.1. The lowest BCUT2D eigenvalue weighted by Crippen LogP contribution is -2.43. The Bertz CT molecular complexity index is 954. The van der Waals surface area contributed by atoms with Crippen molar-refractivity contribution in [2.24, 2.45) is 0 Å². The minimum Gasteiger partial charge on any atom is -0.337 e. The van der Waals surface area contributed by atoms with Crippen LogP contribution in [0.2, 0.25) is 0 Å². The summed E-state index contributed by atoms with van der Waals surface area (Å²) >= 11 is 0. The molecule has 0 aliphatic carbocycles. The summed E-state index contributed by atoms with van der Waals surface area (Å²) in [5.41, 5.74) is 2.45. The van der Waals surface area contributed by atoms with Crippen molar-refractivity contribution in [2.75, 3.05) is 40.3 Å². The van der Waals surface area contributed by atoms with E-state index in [-0.39, 0.29) is 17.3 Å². The van der Waals surface area contributed by atoms with Crippen LogP contribution in [-0.4, -0.2) is 71.5 Å². The van der Waals surface area contributed by atoms with Crippen LogP contribution in [0.1, 0.15) is 17.5 Å². The quantitative estimate of drug-likeness (QED) is 0.783. The number of likely N-dealkylation sites (tertiary alicyclic amines) is 1. The van der Waals surface area contributed by atoms with Crippen LogP contribution in [0.15, 0.2) is 41.3 Å². The molecule has 1 aromatic heterocycles. The summed E-state index contributed by atoms with van der Waals surface area (Å²) in [5, 5.41) is 0. The van der Waals surface area contributed by atoms with Gasteiger partial charge in [0.2, 0.25) is 5.91 Å². The summed E-state index contributed by atoms with van der Waals surface area (Å²) in [6, 6.07) is 8.01. The van der Waals surface area contributed by atoms with E-state index in [0.29, 0.717) is 37.8 Å².